The molecule has 1 unspecified atom stereocenters. The van der Waals surface area contributed by atoms with Crippen molar-refractivity contribution in [1.82, 2.24) is 10.2 Å². The summed E-state index contributed by atoms with van der Waals surface area (Å²) in [5.74, 6) is -1.73. The van der Waals surface area contributed by atoms with E-state index in [-0.39, 0.29) is 37.0 Å². The molecule has 7 nitrogen and oxygen atoms in total. The number of hydrogen-bond donors (Lipinski definition) is 2. The van der Waals surface area contributed by atoms with Crippen LogP contribution in [0.1, 0.15) is 16.8 Å². The van der Waals surface area contributed by atoms with Gasteiger partial charge < -0.3 is 20.1 Å². The summed E-state index contributed by atoms with van der Waals surface area (Å²) in [6.07, 6.45) is -0.703. The van der Waals surface area contributed by atoms with Gasteiger partial charge in [0.2, 0.25) is 5.91 Å². The van der Waals surface area contributed by atoms with Crippen molar-refractivity contribution in [2.75, 3.05) is 26.2 Å². The zero-order valence-corrected chi connectivity index (χ0v) is 14.1. The Balaban J connectivity index is 1.86. The SMILES string of the molecule is O=C(O)CC1CN(C(=O)CNC(=O)c2ccc(Cl)c(Cl)c2)CCO1. The van der Waals surface area contributed by atoms with E-state index in [1.807, 2.05) is 0 Å². The highest BCUT2D eigenvalue weighted by atomic mass is 35.5. The first-order valence-electron chi connectivity index (χ1n) is 7.21. The molecule has 0 aromatic heterocycles. The van der Waals surface area contributed by atoms with Crippen LogP contribution in [0.2, 0.25) is 10.0 Å². The van der Waals surface area contributed by atoms with Crippen molar-refractivity contribution in [3.8, 4) is 0 Å². The molecule has 24 heavy (non-hydrogen) atoms. The van der Waals surface area contributed by atoms with Gasteiger partial charge in [-0.1, -0.05) is 23.2 Å². The van der Waals surface area contributed by atoms with E-state index in [1.165, 1.54) is 23.1 Å². The Morgan fingerprint density at radius 1 is 1.29 bits per heavy atom. The maximum atomic E-state index is 12.1. The molecule has 9 heteroatoms. The molecular formula is C15H16Cl2N2O5. The van der Waals surface area contributed by atoms with Gasteiger partial charge in [-0.15, -0.1) is 0 Å². The van der Waals surface area contributed by atoms with Gasteiger partial charge in [-0.2, -0.15) is 0 Å². The maximum absolute atomic E-state index is 12.1. The van der Waals surface area contributed by atoms with Gasteiger partial charge in [0.1, 0.15) is 0 Å². The number of hydrogen-bond acceptors (Lipinski definition) is 4. The molecule has 1 fully saturated rings. The largest absolute Gasteiger partial charge is 0.481 e. The fraction of sp³-hybridized carbons (Fsp3) is 0.400. The van der Waals surface area contributed by atoms with Crippen molar-refractivity contribution >= 4 is 41.0 Å². The van der Waals surface area contributed by atoms with E-state index >= 15 is 0 Å². The highest BCUT2D eigenvalue weighted by Gasteiger charge is 2.26. The molecule has 1 aliphatic rings. The van der Waals surface area contributed by atoms with Gasteiger partial charge in [0.25, 0.3) is 5.91 Å². The zero-order chi connectivity index (χ0) is 17.7. The van der Waals surface area contributed by atoms with Gasteiger partial charge in [0.15, 0.2) is 0 Å². The van der Waals surface area contributed by atoms with E-state index in [1.54, 1.807) is 0 Å². The second-order valence-electron chi connectivity index (χ2n) is 5.24. The maximum Gasteiger partial charge on any atom is 0.306 e. The summed E-state index contributed by atoms with van der Waals surface area (Å²) in [7, 11) is 0. The molecule has 0 bridgehead atoms. The molecule has 130 valence electrons. The van der Waals surface area contributed by atoms with Gasteiger partial charge >= 0.3 is 5.97 Å². The molecule has 1 aromatic rings. The Morgan fingerprint density at radius 3 is 2.71 bits per heavy atom. The number of carbonyl (C=O) groups is 3. The number of carboxylic acids is 1. The predicted octanol–water partition coefficient (Wildman–Crippen LogP) is 1.43. The fourth-order valence-electron chi connectivity index (χ4n) is 2.27. The number of carbonyl (C=O) groups excluding carboxylic acids is 2. The summed E-state index contributed by atoms with van der Waals surface area (Å²) in [4.78, 5) is 36.4. The lowest BCUT2D eigenvalue weighted by atomic mass is 10.2. The molecule has 0 saturated carbocycles. The van der Waals surface area contributed by atoms with Gasteiger partial charge in [-0.05, 0) is 18.2 Å². The second-order valence-corrected chi connectivity index (χ2v) is 6.06. The molecule has 2 N–H and O–H groups in total. The zero-order valence-electron chi connectivity index (χ0n) is 12.6. The Hall–Kier alpha value is -1.83. The standard InChI is InChI=1S/C15H16Cl2N2O5/c16-11-2-1-9(5-12(11)17)15(23)18-7-13(20)19-3-4-24-10(8-19)6-14(21)22/h1-2,5,10H,3-4,6-8H2,(H,18,23)(H,21,22). The number of rotatable bonds is 5. The van der Waals surface area contributed by atoms with E-state index < -0.39 is 18.0 Å². The number of morpholine rings is 1. The van der Waals surface area contributed by atoms with Crippen molar-refractivity contribution in [2.45, 2.75) is 12.5 Å². The monoisotopic (exact) mass is 374 g/mol. The highest BCUT2D eigenvalue weighted by molar-refractivity contribution is 6.42. The number of carboxylic acid groups (broad SMARTS) is 1. The lowest BCUT2D eigenvalue weighted by molar-refractivity contribution is -0.147. The van der Waals surface area contributed by atoms with Crippen molar-refractivity contribution < 1.29 is 24.2 Å². The van der Waals surface area contributed by atoms with Gasteiger partial charge in [0, 0.05) is 18.7 Å². The lowest BCUT2D eigenvalue weighted by Gasteiger charge is -2.32. The van der Waals surface area contributed by atoms with E-state index in [0.29, 0.717) is 17.1 Å². The van der Waals surface area contributed by atoms with Crippen molar-refractivity contribution in [3.05, 3.63) is 33.8 Å². The minimum atomic E-state index is -0.984. The molecule has 1 aromatic carbocycles. The van der Waals surface area contributed by atoms with Gasteiger partial charge in [0.05, 0.1) is 35.7 Å². The summed E-state index contributed by atoms with van der Waals surface area (Å²) in [5.41, 5.74) is 0.294. The molecule has 0 spiro atoms. The molecule has 1 aliphatic heterocycles. The molecule has 1 saturated heterocycles. The predicted molar refractivity (Wildman–Crippen MR) is 87.4 cm³/mol. The van der Waals surface area contributed by atoms with Crippen LogP contribution >= 0.6 is 23.2 Å². The van der Waals surface area contributed by atoms with Crippen LogP contribution in [0.25, 0.3) is 0 Å². The second kappa shape index (κ2) is 8.32. The van der Waals surface area contributed by atoms with Gasteiger partial charge in [-0.25, -0.2) is 0 Å². The number of ether oxygens (including phenoxy) is 1. The summed E-state index contributed by atoms with van der Waals surface area (Å²) in [6, 6.07) is 4.42. The number of amides is 2. The number of nitrogens with zero attached hydrogens (tertiary/aromatic N) is 1. The average molecular weight is 375 g/mol. The van der Waals surface area contributed by atoms with Crippen molar-refractivity contribution in [1.29, 1.82) is 0 Å². The van der Waals surface area contributed by atoms with Crippen LogP contribution in [0.15, 0.2) is 18.2 Å². The van der Waals surface area contributed by atoms with E-state index in [0.717, 1.165) is 0 Å². The third-order valence-corrected chi connectivity index (χ3v) is 4.21. The molecule has 0 radical (unpaired) electrons. The minimum absolute atomic E-state index is 0.167. The van der Waals surface area contributed by atoms with Crippen LogP contribution in [0, 0.1) is 0 Å². The first kappa shape index (κ1) is 18.5. The van der Waals surface area contributed by atoms with Crippen LogP contribution in [0.3, 0.4) is 0 Å². The number of benzene rings is 1. The summed E-state index contributed by atoms with van der Waals surface area (Å²) < 4.78 is 5.30. The third-order valence-electron chi connectivity index (χ3n) is 3.48. The molecular weight excluding hydrogens is 359 g/mol. The van der Waals surface area contributed by atoms with Crippen LogP contribution in [-0.2, 0) is 14.3 Å². The molecule has 2 amide bonds. The normalized spacial score (nSPS) is 17.4. The van der Waals surface area contributed by atoms with Crippen LogP contribution < -0.4 is 5.32 Å². The lowest BCUT2D eigenvalue weighted by Crippen LogP contribution is -2.49. The van der Waals surface area contributed by atoms with E-state index in [4.69, 9.17) is 33.0 Å². The fourth-order valence-corrected chi connectivity index (χ4v) is 2.57. The van der Waals surface area contributed by atoms with E-state index in [2.05, 4.69) is 5.32 Å². The summed E-state index contributed by atoms with van der Waals surface area (Å²) >= 11 is 11.6. The van der Waals surface area contributed by atoms with Crippen LogP contribution in [0.4, 0.5) is 0 Å². The van der Waals surface area contributed by atoms with Crippen LogP contribution in [0.5, 0.6) is 0 Å². The van der Waals surface area contributed by atoms with Crippen molar-refractivity contribution in [2.24, 2.45) is 0 Å². The highest BCUT2D eigenvalue weighted by Crippen LogP contribution is 2.22. The number of nitrogens with one attached hydrogen (secondary N) is 1. The van der Waals surface area contributed by atoms with E-state index in [9.17, 15) is 14.4 Å². The average Bonchev–Trinajstić information content (AvgIpc) is 2.54. The first-order valence-corrected chi connectivity index (χ1v) is 7.97. The minimum Gasteiger partial charge on any atom is -0.481 e. The van der Waals surface area contributed by atoms with Gasteiger partial charge in [-0.3, -0.25) is 14.4 Å². The quantitative estimate of drug-likeness (QED) is 0.812. The third kappa shape index (κ3) is 5.09. The Bertz CT molecular complexity index is 653. The molecule has 1 heterocycles. The van der Waals surface area contributed by atoms with Crippen molar-refractivity contribution in [3.63, 3.8) is 0 Å². The Morgan fingerprint density at radius 2 is 2.04 bits per heavy atom. The smallest absolute Gasteiger partial charge is 0.306 e. The number of aliphatic carboxylic acids is 1. The summed E-state index contributed by atoms with van der Waals surface area (Å²) in [5, 5.41) is 11.9. The first-order chi connectivity index (χ1) is 11.4. The molecule has 0 aliphatic carbocycles. The Kier molecular flexibility index (Phi) is 6.42. The number of halogens is 2. The molecule has 1 atom stereocenters. The van der Waals surface area contributed by atoms with Crippen LogP contribution in [-0.4, -0.2) is 60.1 Å². The Labute approximate surface area is 148 Å². The topological polar surface area (TPSA) is 95.9 Å². The molecule has 2 rings (SSSR count). The summed E-state index contributed by atoms with van der Waals surface area (Å²) in [6.45, 7) is 0.620.